The molecule has 1 aromatic carbocycles. The summed E-state index contributed by atoms with van der Waals surface area (Å²) in [4.78, 5) is 27.8. The molecule has 0 bridgehead atoms. The van der Waals surface area contributed by atoms with Crippen molar-refractivity contribution >= 4 is 27.7 Å². The SMILES string of the molecule is O=C1CN(C(=O)c2ccc(Br)o2)CC(O)CN1Cc1ccccc1. The number of aliphatic hydroxyl groups excluding tert-OH is 1. The molecule has 1 saturated heterocycles. The third-order valence-electron chi connectivity index (χ3n) is 3.83. The van der Waals surface area contributed by atoms with Crippen LogP contribution in [0.25, 0.3) is 0 Å². The number of β-amino-alcohol motifs (C(OH)–C–C–N with tert-alkyl or cyclic N) is 1. The molecule has 0 radical (unpaired) electrons. The Kier molecular flexibility index (Phi) is 5.01. The molecular weight excluding hydrogens is 376 g/mol. The number of rotatable bonds is 3. The van der Waals surface area contributed by atoms with E-state index in [2.05, 4.69) is 15.9 Å². The molecule has 3 rings (SSSR count). The molecule has 1 N–H and O–H groups in total. The predicted molar refractivity (Wildman–Crippen MR) is 90.2 cm³/mol. The fourth-order valence-electron chi connectivity index (χ4n) is 2.69. The summed E-state index contributed by atoms with van der Waals surface area (Å²) in [5.41, 5.74) is 0.979. The van der Waals surface area contributed by atoms with Gasteiger partial charge in [0.15, 0.2) is 10.4 Å². The van der Waals surface area contributed by atoms with Crippen molar-refractivity contribution in [2.45, 2.75) is 12.6 Å². The Hall–Kier alpha value is -2.12. The summed E-state index contributed by atoms with van der Waals surface area (Å²) in [6.45, 7) is 0.611. The maximum Gasteiger partial charge on any atom is 0.290 e. The fraction of sp³-hybridized carbons (Fsp3) is 0.294. The van der Waals surface area contributed by atoms with E-state index in [1.807, 2.05) is 30.3 Å². The minimum absolute atomic E-state index is 0.0823. The van der Waals surface area contributed by atoms with Crippen LogP contribution in [0.4, 0.5) is 0 Å². The molecule has 2 aromatic rings. The summed E-state index contributed by atoms with van der Waals surface area (Å²) in [7, 11) is 0. The van der Waals surface area contributed by atoms with Gasteiger partial charge in [-0.1, -0.05) is 30.3 Å². The van der Waals surface area contributed by atoms with Gasteiger partial charge in [-0.15, -0.1) is 0 Å². The number of furan rings is 1. The highest BCUT2D eigenvalue weighted by Crippen LogP contribution is 2.18. The number of amides is 2. The number of benzene rings is 1. The first-order valence-electron chi connectivity index (χ1n) is 7.57. The summed E-state index contributed by atoms with van der Waals surface area (Å²) in [6, 6.07) is 12.7. The highest BCUT2D eigenvalue weighted by Gasteiger charge is 2.31. The van der Waals surface area contributed by atoms with E-state index in [-0.39, 0.29) is 31.3 Å². The van der Waals surface area contributed by atoms with Crippen molar-refractivity contribution in [2.24, 2.45) is 0 Å². The van der Waals surface area contributed by atoms with E-state index in [1.165, 1.54) is 11.0 Å². The van der Waals surface area contributed by atoms with E-state index in [0.717, 1.165) is 5.56 Å². The van der Waals surface area contributed by atoms with Crippen LogP contribution < -0.4 is 0 Å². The second kappa shape index (κ2) is 7.19. The van der Waals surface area contributed by atoms with Gasteiger partial charge in [0, 0.05) is 19.6 Å². The molecule has 126 valence electrons. The molecule has 1 fully saturated rings. The molecule has 1 aromatic heterocycles. The summed E-state index contributed by atoms with van der Waals surface area (Å²) in [5.74, 6) is -0.470. The zero-order valence-corrected chi connectivity index (χ0v) is 14.5. The highest BCUT2D eigenvalue weighted by atomic mass is 79.9. The van der Waals surface area contributed by atoms with Crippen molar-refractivity contribution in [3.8, 4) is 0 Å². The number of halogens is 1. The van der Waals surface area contributed by atoms with Crippen LogP contribution in [0.1, 0.15) is 16.1 Å². The Labute approximate surface area is 147 Å². The zero-order valence-electron chi connectivity index (χ0n) is 12.9. The van der Waals surface area contributed by atoms with Crippen LogP contribution in [0, 0.1) is 0 Å². The normalized spacial score (nSPS) is 18.6. The summed E-state index contributed by atoms with van der Waals surface area (Å²) in [6.07, 6.45) is -0.803. The van der Waals surface area contributed by atoms with Gasteiger partial charge in [0.25, 0.3) is 5.91 Å². The standard InChI is InChI=1S/C17H17BrN2O4/c18-15-7-6-14(24-15)17(23)20-10-13(21)9-19(16(22)11-20)8-12-4-2-1-3-5-12/h1-7,13,21H,8-11H2. The summed E-state index contributed by atoms with van der Waals surface area (Å²) >= 11 is 3.15. The van der Waals surface area contributed by atoms with Gasteiger partial charge < -0.3 is 19.3 Å². The first-order chi connectivity index (χ1) is 11.5. The number of hydrogen-bond donors (Lipinski definition) is 1. The quantitative estimate of drug-likeness (QED) is 0.865. The van der Waals surface area contributed by atoms with E-state index in [0.29, 0.717) is 11.2 Å². The second-order valence-corrected chi connectivity index (χ2v) is 6.48. The van der Waals surface area contributed by atoms with E-state index >= 15 is 0 Å². The topological polar surface area (TPSA) is 74.0 Å². The zero-order chi connectivity index (χ0) is 17.1. The van der Waals surface area contributed by atoms with Gasteiger partial charge in [-0.25, -0.2) is 0 Å². The molecule has 2 amide bonds. The van der Waals surface area contributed by atoms with Crippen molar-refractivity contribution in [1.82, 2.24) is 9.80 Å². The molecule has 0 spiro atoms. The van der Waals surface area contributed by atoms with Crippen LogP contribution in [0.15, 0.2) is 51.6 Å². The number of nitrogens with zero attached hydrogens (tertiary/aromatic N) is 2. The van der Waals surface area contributed by atoms with Crippen LogP contribution in [-0.2, 0) is 11.3 Å². The molecule has 24 heavy (non-hydrogen) atoms. The Morgan fingerprint density at radius 2 is 1.96 bits per heavy atom. The molecule has 2 heterocycles. The monoisotopic (exact) mass is 392 g/mol. The van der Waals surface area contributed by atoms with Crippen LogP contribution in [0.3, 0.4) is 0 Å². The minimum atomic E-state index is -0.803. The number of carbonyl (C=O) groups is 2. The highest BCUT2D eigenvalue weighted by molar-refractivity contribution is 9.10. The van der Waals surface area contributed by atoms with Gasteiger partial charge >= 0.3 is 0 Å². The van der Waals surface area contributed by atoms with Crippen LogP contribution in [0.2, 0.25) is 0 Å². The molecule has 1 aliphatic rings. The van der Waals surface area contributed by atoms with Gasteiger partial charge in [-0.05, 0) is 33.6 Å². The molecule has 1 unspecified atom stereocenters. The minimum Gasteiger partial charge on any atom is -0.444 e. The van der Waals surface area contributed by atoms with Crippen molar-refractivity contribution in [3.05, 3.63) is 58.5 Å². The van der Waals surface area contributed by atoms with E-state index < -0.39 is 12.0 Å². The van der Waals surface area contributed by atoms with Gasteiger partial charge in [-0.2, -0.15) is 0 Å². The van der Waals surface area contributed by atoms with E-state index in [1.54, 1.807) is 11.0 Å². The van der Waals surface area contributed by atoms with Crippen LogP contribution in [0.5, 0.6) is 0 Å². The lowest BCUT2D eigenvalue weighted by molar-refractivity contribution is -0.131. The maximum absolute atomic E-state index is 12.5. The average Bonchev–Trinajstić information content (AvgIpc) is 2.94. The van der Waals surface area contributed by atoms with Crippen molar-refractivity contribution < 1.29 is 19.1 Å². The third-order valence-corrected chi connectivity index (χ3v) is 4.25. The molecule has 0 aliphatic carbocycles. The first-order valence-corrected chi connectivity index (χ1v) is 8.36. The number of carbonyl (C=O) groups excluding carboxylic acids is 2. The second-order valence-electron chi connectivity index (χ2n) is 5.70. The fourth-order valence-corrected chi connectivity index (χ4v) is 3.00. The van der Waals surface area contributed by atoms with Crippen molar-refractivity contribution in [2.75, 3.05) is 19.6 Å². The molecule has 1 atom stereocenters. The lowest BCUT2D eigenvalue weighted by Crippen LogP contribution is -2.39. The first kappa shape index (κ1) is 16.7. The van der Waals surface area contributed by atoms with Crippen LogP contribution in [-0.4, -0.2) is 52.5 Å². The Morgan fingerprint density at radius 1 is 1.21 bits per heavy atom. The van der Waals surface area contributed by atoms with Crippen molar-refractivity contribution in [3.63, 3.8) is 0 Å². The molecule has 6 nitrogen and oxygen atoms in total. The summed E-state index contributed by atoms with van der Waals surface area (Å²) < 4.78 is 5.69. The summed E-state index contributed by atoms with van der Waals surface area (Å²) in [5, 5.41) is 10.2. The van der Waals surface area contributed by atoms with Gasteiger partial charge in [0.2, 0.25) is 5.91 Å². The largest absolute Gasteiger partial charge is 0.444 e. The average molecular weight is 393 g/mol. The molecule has 7 heteroatoms. The number of hydrogen-bond acceptors (Lipinski definition) is 4. The maximum atomic E-state index is 12.5. The number of aliphatic hydroxyl groups is 1. The van der Waals surface area contributed by atoms with Crippen LogP contribution >= 0.6 is 15.9 Å². The molecule has 0 saturated carbocycles. The van der Waals surface area contributed by atoms with Crippen molar-refractivity contribution in [1.29, 1.82) is 0 Å². The molecule has 1 aliphatic heterocycles. The Morgan fingerprint density at radius 3 is 2.62 bits per heavy atom. The Balaban J connectivity index is 1.73. The third kappa shape index (κ3) is 3.85. The van der Waals surface area contributed by atoms with Gasteiger partial charge in [-0.3, -0.25) is 9.59 Å². The lowest BCUT2D eigenvalue weighted by atomic mass is 10.2. The molecular formula is C17H17BrN2O4. The lowest BCUT2D eigenvalue weighted by Gasteiger charge is -2.21. The van der Waals surface area contributed by atoms with Gasteiger partial charge in [0.1, 0.15) is 6.54 Å². The smallest absolute Gasteiger partial charge is 0.290 e. The Bertz CT molecular complexity index is 731. The van der Waals surface area contributed by atoms with Gasteiger partial charge in [0.05, 0.1) is 6.10 Å². The van der Waals surface area contributed by atoms with E-state index in [4.69, 9.17) is 4.42 Å². The predicted octanol–water partition coefficient (Wildman–Crippen LogP) is 1.89. The van der Waals surface area contributed by atoms with E-state index in [9.17, 15) is 14.7 Å².